The highest BCUT2D eigenvalue weighted by molar-refractivity contribution is 5.93. The van der Waals surface area contributed by atoms with Gasteiger partial charge >= 0.3 is 6.03 Å². The molecule has 0 unspecified atom stereocenters. The van der Waals surface area contributed by atoms with Crippen LogP contribution in [-0.4, -0.2) is 29.2 Å². The van der Waals surface area contributed by atoms with Gasteiger partial charge in [0.1, 0.15) is 5.54 Å². The summed E-state index contributed by atoms with van der Waals surface area (Å²) in [6, 6.07) is -0.284. The number of amides is 2. The molecule has 5 N–H and O–H groups in total. The molecule has 0 aliphatic heterocycles. The zero-order chi connectivity index (χ0) is 13.3. The monoisotopic (exact) mass is 244 g/mol. The zero-order valence-corrected chi connectivity index (χ0v) is 10.9. The molecule has 0 aromatic heterocycles. The van der Waals surface area contributed by atoms with Crippen molar-refractivity contribution in [1.82, 2.24) is 10.6 Å². The molecule has 0 saturated heterocycles. The van der Waals surface area contributed by atoms with Gasteiger partial charge in [0, 0.05) is 6.54 Å². The summed E-state index contributed by atoms with van der Waals surface area (Å²) in [5.74, 6) is 0.0353. The Labute approximate surface area is 103 Å². The molecule has 0 radical (unpaired) electrons. The number of hydrogen-bond acceptors (Lipinski definition) is 3. The van der Waals surface area contributed by atoms with Gasteiger partial charge in [-0.1, -0.05) is 32.3 Å². The SMILES string of the molecule is CCCCNC(=O)NC(CC)(CC)/C(N)=N/O. The van der Waals surface area contributed by atoms with Crippen molar-refractivity contribution in [3.05, 3.63) is 0 Å². The van der Waals surface area contributed by atoms with E-state index >= 15 is 0 Å². The molecule has 0 spiro atoms. The van der Waals surface area contributed by atoms with Gasteiger partial charge in [-0.25, -0.2) is 4.79 Å². The van der Waals surface area contributed by atoms with E-state index in [-0.39, 0.29) is 11.9 Å². The Balaban J connectivity index is 4.49. The molecule has 0 heterocycles. The smallest absolute Gasteiger partial charge is 0.315 e. The molecule has 6 heteroatoms. The van der Waals surface area contributed by atoms with Crippen molar-refractivity contribution in [2.24, 2.45) is 10.9 Å². The first-order chi connectivity index (χ1) is 8.06. The highest BCUT2D eigenvalue weighted by Crippen LogP contribution is 2.15. The largest absolute Gasteiger partial charge is 0.409 e. The third-order valence-electron chi connectivity index (χ3n) is 2.97. The van der Waals surface area contributed by atoms with E-state index in [0.717, 1.165) is 12.8 Å². The molecular weight excluding hydrogens is 220 g/mol. The van der Waals surface area contributed by atoms with E-state index in [2.05, 4.69) is 22.7 Å². The highest BCUT2D eigenvalue weighted by atomic mass is 16.4. The molecular formula is C11H24N4O2. The van der Waals surface area contributed by atoms with Crippen LogP contribution in [0, 0.1) is 0 Å². The lowest BCUT2D eigenvalue weighted by Gasteiger charge is -2.31. The first kappa shape index (κ1) is 15.5. The lowest BCUT2D eigenvalue weighted by atomic mass is 9.91. The Morgan fingerprint density at radius 2 is 1.94 bits per heavy atom. The number of urea groups is 1. The summed E-state index contributed by atoms with van der Waals surface area (Å²) in [4.78, 5) is 11.7. The summed E-state index contributed by atoms with van der Waals surface area (Å²) >= 11 is 0. The maximum absolute atomic E-state index is 11.7. The van der Waals surface area contributed by atoms with Crippen LogP contribution in [0.5, 0.6) is 0 Å². The summed E-state index contributed by atoms with van der Waals surface area (Å²) < 4.78 is 0. The maximum Gasteiger partial charge on any atom is 0.315 e. The Kier molecular flexibility index (Phi) is 7.09. The minimum absolute atomic E-state index is 0.0353. The number of rotatable bonds is 7. The van der Waals surface area contributed by atoms with Crippen molar-refractivity contribution in [1.29, 1.82) is 0 Å². The first-order valence-electron chi connectivity index (χ1n) is 6.10. The molecule has 2 amide bonds. The van der Waals surface area contributed by atoms with Gasteiger partial charge in [-0.15, -0.1) is 0 Å². The fourth-order valence-electron chi connectivity index (χ4n) is 1.59. The van der Waals surface area contributed by atoms with Crippen molar-refractivity contribution in [2.45, 2.75) is 52.0 Å². The molecule has 0 bridgehead atoms. The fourth-order valence-corrected chi connectivity index (χ4v) is 1.59. The number of nitrogens with one attached hydrogen (secondary N) is 2. The molecule has 17 heavy (non-hydrogen) atoms. The lowest BCUT2D eigenvalue weighted by Crippen LogP contribution is -2.59. The van der Waals surface area contributed by atoms with Gasteiger partial charge in [-0.3, -0.25) is 0 Å². The van der Waals surface area contributed by atoms with Crippen LogP contribution < -0.4 is 16.4 Å². The molecule has 100 valence electrons. The van der Waals surface area contributed by atoms with E-state index in [1.54, 1.807) is 0 Å². The van der Waals surface area contributed by atoms with E-state index in [0.29, 0.717) is 19.4 Å². The second kappa shape index (κ2) is 7.76. The maximum atomic E-state index is 11.7. The van der Waals surface area contributed by atoms with E-state index in [1.807, 2.05) is 13.8 Å². The lowest BCUT2D eigenvalue weighted by molar-refractivity contribution is 0.230. The third kappa shape index (κ3) is 4.50. The minimum Gasteiger partial charge on any atom is -0.409 e. The van der Waals surface area contributed by atoms with Gasteiger partial charge in [-0.05, 0) is 19.3 Å². The summed E-state index contributed by atoms with van der Waals surface area (Å²) in [5.41, 5.74) is 4.86. The van der Waals surface area contributed by atoms with Crippen molar-refractivity contribution in [2.75, 3.05) is 6.54 Å². The van der Waals surface area contributed by atoms with Gasteiger partial charge in [0.05, 0.1) is 0 Å². The second-order valence-corrected chi connectivity index (χ2v) is 4.01. The molecule has 0 atom stereocenters. The van der Waals surface area contributed by atoms with Crippen molar-refractivity contribution in [3.8, 4) is 0 Å². The quantitative estimate of drug-likeness (QED) is 0.179. The first-order valence-corrected chi connectivity index (χ1v) is 6.10. The van der Waals surface area contributed by atoms with Crippen LogP contribution in [0.2, 0.25) is 0 Å². The van der Waals surface area contributed by atoms with Crippen LogP contribution in [0.3, 0.4) is 0 Å². The molecule has 0 aromatic rings. The topological polar surface area (TPSA) is 99.7 Å². The van der Waals surface area contributed by atoms with Gasteiger partial charge in [0.25, 0.3) is 0 Å². The summed E-state index contributed by atoms with van der Waals surface area (Å²) in [5, 5.41) is 17.3. The van der Waals surface area contributed by atoms with E-state index in [9.17, 15) is 4.79 Å². The van der Waals surface area contributed by atoms with E-state index in [4.69, 9.17) is 10.9 Å². The highest BCUT2D eigenvalue weighted by Gasteiger charge is 2.33. The average Bonchev–Trinajstić information content (AvgIpc) is 2.35. The molecule has 0 aliphatic rings. The van der Waals surface area contributed by atoms with Crippen molar-refractivity contribution >= 4 is 11.9 Å². The van der Waals surface area contributed by atoms with Crippen LogP contribution in [0.15, 0.2) is 5.16 Å². The molecule has 0 fully saturated rings. The van der Waals surface area contributed by atoms with Crippen LogP contribution in [0.25, 0.3) is 0 Å². The van der Waals surface area contributed by atoms with Crippen molar-refractivity contribution in [3.63, 3.8) is 0 Å². The van der Waals surface area contributed by atoms with Gasteiger partial charge < -0.3 is 21.6 Å². The number of hydrogen-bond donors (Lipinski definition) is 4. The summed E-state index contributed by atoms with van der Waals surface area (Å²) in [6.45, 7) is 6.45. The number of oxime groups is 1. The van der Waals surface area contributed by atoms with Crippen LogP contribution in [0.4, 0.5) is 4.79 Å². The molecule has 0 aliphatic carbocycles. The van der Waals surface area contributed by atoms with Gasteiger partial charge in [0.2, 0.25) is 0 Å². The predicted octanol–water partition coefficient (Wildman–Crippen LogP) is 1.39. The standard InChI is InChI=1S/C11H24N4O2/c1-4-7-8-13-10(16)14-11(5-2,6-3)9(12)15-17/h17H,4-8H2,1-3H3,(H2,12,15)(H2,13,14,16). The van der Waals surface area contributed by atoms with Crippen molar-refractivity contribution < 1.29 is 10.0 Å². The van der Waals surface area contributed by atoms with Crippen LogP contribution in [0.1, 0.15) is 46.5 Å². The fraction of sp³-hybridized carbons (Fsp3) is 0.818. The Morgan fingerprint density at radius 1 is 1.35 bits per heavy atom. The zero-order valence-electron chi connectivity index (χ0n) is 10.9. The summed E-state index contributed by atoms with van der Waals surface area (Å²) in [7, 11) is 0. The normalized spacial score (nSPS) is 12.3. The van der Waals surface area contributed by atoms with Crippen LogP contribution >= 0.6 is 0 Å². The number of carbonyl (C=O) groups is 1. The molecule has 0 saturated carbocycles. The Morgan fingerprint density at radius 3 is 2.35 bits per heavy atom. The molecule has 6 nitrogen and oxygen atoms in total. The number of nitrogens with zero attached hydrogens (tertiary/aromatic N) is 1. The number of carbonyl (C=O) groups excluding carboxylic acids is 1. The van der Waals surface area contributed by atoms with E-state index < -0.39 is 5.54 Å². The second-order valence-electron chi connectivity index (χ2n) is 4.01. The number of unbranched alkanes of at least 4 members (excludes halogenated alkanes) is 1. The molecule has 0 aromatic carbocycles. The predicted molar refractivity (Wildman–Crippen MR) is 68.2 cm³/mol. The number of nitrogens with two attached hydrogens (primary N) is 1. The van der Waals surface area contributed by atoms with Crippen LogP contribution in [-0.2, 0) is 0 Å². The van der Waals surface area contributed by atoms with Gasteiger partial charge in [0.15, 0.2) is 5.84 Å². The third-order valence-corrected chi connectivity index (χ3v) is 2.97. The Hall–Kier alpha value is -1.46. The number of amidine groups is 1. The van der Waals surface area contributed by atoms with E-state index in [1.165, 1.54) is 0 Å². The Bertz CT molecular complexity index is 262. The minimum atomic E-state index is -0.773. The summed E-state index contributed by atoms with van der Waals surface area (Å²) in [6.07, 6.45) is 3.09. The average molecular weight is 244 g/mol. The molecule has 0 rings (SSSR count). The van der Waals surface area contributed by atoms with Gasteiger partial charge in [-0.2, -0.15) is 0 Å².